The lowest BCUT2D eigenvalue weighted by atomic mass is 9.88. The van der Waals surface area contributed by atoms with Crippen LogP contribution in [0.3, 0.4) is 0 Å². The van der Waals surface area contributed by atoms with Gasteiger partial charge in [-0.15, -0.1) is 0 Å². The van der Waals surface area contributed by atoms with Crippen LogP contribution in [0.1, 0.15) is 35.6 Å². The molecule has 0 aromatic heterocycles. The number of allylic oxidation sites excluding steroid dienone is 1. The molecule has 0 aliphatic heterocycles. The minimum Gasteiger partial charge on any atom is -0.491 e. The van der Waals surface area contributed by atoms with Crippen LogP contribution in [0.4, 0.5) is 0 Å². The second-order valence-electron chi connectivity index (χ2n) is 7.85. The predicted octanol–water partition coefficient (Wildman–Crippen LogP) is 7.65. The number of hydrogen-bond donors (Lipinski definition) is 0. The average Bonchev–Trinajstić information content (AvgIpc) is 2.89. The highest BCUT2D eigenvalue weighted by Crippen LogP contribution is 2.34. The predicted molar refractivity (Wildman–Crippen MR) is 137 cm³/mol. The van der Waals surface area contributed by atoms with Crippen LogP contribution in [0.2, 0.25) is 0 Å². The van der Waals surface area contributed by atoms with E-state index >= 15 is 0 Å². The van der Waals surface area contributed by atoms with Gasteiger partial charge in [-0.25, -0.2) is 0 Å². The van der Waals surface area contributed by atoms with Crippen LogP contribution in [0, 0.1) is 0 Å². The van der Waals surface area contributed by atoms with Crippen molar-refractivity contribution < 1.29 is 9.47 Å². The van der Waals surface area contributed by atoms with Gasteiger partial charge in [0.2, 0.25) is 0 Å². The first kappa shape index (κ1) is 22.6. The van der Waals surface area contributed by atoms with Crippen molar-refractivity contribution in [2.24, 2.45) is 0 Å². The van der Waals surface area contributed by atoms with E-state index in [4.69, 9.17) is 9.47 Å². The Bertz CT molecular complexity index is 1130. The summed E-state index contributed by atoms with van der Waals surface area (Å²) in [5.41, 5.74) is 7.45. The van der Waals surface area contributed by atoms with Gasteiger partial charge >= 0.3 is 0 Å². The van der Waals surface area contributed by atoms with Gasteiger partial charge in [0.1, 0.15) is 12.4 Å². The topological polar surface area (TPSA) is 18.5 Å². The minimum atomic E-state index is 0.526. The van der Waals surface area contributed by atoms with E-state index in [1.165, 1.54) is 33.4 Å². The summed E-state index contributed by atoms with van der Waals surface area (Å²) in [4.78, 5) is 0. The molecule has 2 heteroatoms. The molecule has 4 aromatic rings. The fourth-order valence-corrected chi connectivity index (χ4v) is 3.99. The average molecular weight is 435 g/mol. The van der Waals surface area contributed by atoms with E-state index in [1.807, 2.05) is 30.3 Å². The van der Waals surface area contributed by atoms with E-state index in [9.17, 15) is 0 Å². The van der Waals surface area contributed by atoms with Crippen LogP contribution in [-0.4, -0.2) is 13.2 Å². The molecule has 0 aliphatic carbocycles. The molecule has 0 amide bonds. The molecule has 0 unspecified atom stereocenters. The van der Waals surface area contributed by atoms with E-state index in [0.29, 0.717) is 19.8 Å². The Morgan fingerprint density at radius 2 is 1.12 bits per heavy atom. The monoisotopic (exact) mass is 434 g/mol. The Kier molecular flexibility index (Phi) is 8.10. The molecule has 0 radical (unpaired) electrons. The zero-order valence-electron chi connectivity index (χ0n) is 19.1. The fourth-order valence-electron chi connectivity index (χ4n) is 3.99. The van der Waals surface area contributed by atoms with Crippen molar-refractivity contribution in [2.75, 3.05) is 13.2 Å². The van der Waals surface area contributed by atoms with E-state index in [2.05, 4.69) is 91.9 Å². The van der Waals surface area contributed by atoms with Crippen LogP contribution < -0.4 is 4.74 Å². The SMILES string of the molecule is CC/C(=C(/c1ccccc1)c1ccc(OCCOCc2ccccc2)cc1)c1ccccc1. The van der Waals surface area contributed by atoms with E-state index in [-0.39, 0.29) is 0 Å². The molecule has 2 nitrogen and oxygen atoms in total. The third-order valence-electron chi connectivity index (χ3n) is 5.59. The summed E-state index contributed by atoms with van der Waals surface area (Å²) in [6.45, 7) is 3.91. The zero-order valence-corrected chi connectivity index (χ0v) is 19.1. The summed E-state index contributed by atoms with van der Waals surface area (Å²) < 4.78 is 11.6. The molecule has 4 aromatic carbocycles. The van der Waals surface area contributed by atoms with Crippen molar-refractivity contribution in [1.82, 2.24) is 0 Å². The summed E-state index contributed by atoms with van der Waals surface area (Å²) in [6.07, 6.45) is 0.950. The summed E-state index contributed by atoms with van der Waals surface area (Å²) >= 11 is 0. The van der Waals surface area contributed by atoms with Crippen LogP contribution in [0.5, 0.6) is 5.75 Å². The zero-order chi connectivity index (χ0) is 22.7. The molecule has 0 saturated heterocycles. The third-order valence-corrected chi connectivity index (χ3v) is 5.59. The van der Waals surface area contributed by atoms with Crippen molar-refractivity contribution in [3.63, 3.8) is 0 Å². The van der Waals surface area contributed by atoms with Crippen LogP contribution >= 0.6 is 0 Å². The summed E-state index contributed by atoms with van der Waals surface area (Å²) in [6, 6.07) is 39.9. The van der Waals surface area contributed by atoms with Crippen LogP contribution in [-0.2, 0) is 11.3 Å². The van der Waals surface area contributed by atoms with E-state index in [0.717, 1.165) is 12.2 Å². The number of ether oxygens (including phenoxy) is 2. The first-order valence-corrected chi connectivity index (χ1v) is 11.5. The van der Waals surface area contributed by atoms with Crippen molar-refractivity contribution in [3.8, 4) is 5.75 Å². The molecule has 33 heavy (non-hydrogen) atoms. The van der Waals surface area contributed by atoms with E-state index in [1.54, 1.807) is 0 Å². The molecule has 0 saturated carbocycles. The molecule has 0 atom stereocenters. The first-order chi connectivity index (χ1) is 16.3. The molecule has 0 fully saturated rings. The lowest BCUT2D eigenvalue weighted by Crippen LogP contribution is -2.06. The molecule has 0 aliphatic rings. The van der Waals surface area contributed by atoms with Gasteiger partial charge in [-0.2, -0.15) is 0 Å². The van der Waals surface area contributed by atoms with Gasteiger partial charge in [-0.05, 0) is 52.0 Å². The summed E-state index contributed by atoms with van der Waals surface area (Å²) in [7, 11) is 0. The van der Waals surface area contributed by atoms with Crippen molar-refractivity contribution in [3.05, 3.63) is 138 Å². The molecule has 0 spiro atoms. The van der Waals surface area contributed by atoms with Gasteiger partial charge < -0.3 is 9.47 Å². The molecule has 0 heterocycles. The highest BCUT2D eigenvalue weighted by Gasteiger charge is 2.13. The second kappa shape index (κ2) is 11.8. The molecular weight excluding hydrogens is 404 g/mol. The minimum absolute atomic E-state index is 0.526. The van der Waals surface area contributed by atoms with Gasteiger partial charge in [0.05, 0.1) is 13.2 Å². The Morgan fingerprint density at radius 1 is 0.576 bits per heavy atom. The lowest BCUT2D eigenvalue weighted by Gasteiger charge is -2.17. The maximum absolute atomic E-state index is 5.91. The van der Waals surface area contributed by atoms with Crippen molar-refractivity contribution in [2.45, 2.75) is 20.0 Å². The van der Waals surface area contributed by atoms with Gasteiger partial charge in [-0.1, -0.05) is 110 Å². The van der Waals surface area contributed by atoms with Gasteiger partial charge in [0.15, 0.2) is 0 Å². The Hall–Kier alpha value is -3.62. The Labute approximate surface area is 197 Å². The van der Waals surface area contributed by atoms with Gasteiger partial charge in [0, 0.05) is 0 Å². The van der Waals surface area contributed by atoms with Crippen LogP contribution in [0.25, 0.3) is 11.1 Å². The summed E-state index contributed by atoms with van der Waals surface area (Å²) in [5, 5.41) is 0. The maximum Gasteiger partial charge on any atom is 0.119 e. The Balaban J connectivity index is 1.48. The Morgan fingerprint density at radius 3 is 1.73 bits per heavy atom. The standard InChI is InChI=1S/C31H30O2/c1-2-30(26-14-8-4-9-15-26)31(27-16-10-5-11-17-27)28-18-20-29(21-19-28)33-23-22-32-24-25-12-6-3-7-13-25/h3-21H,2,22-24H2,1H3/b31-30+. The third kappa shape index (κ3) is 6.21. The highest BCUT2D eigenvalue weighted by atomic mass is 16.5. The number of hydrogen-bond acceptors (Lipinski definition) is 2. The lowest BCUT2D eigenvalue weighted by molar-refractivity contribution is 0.0889. The molecule has 0 bridgehead atoms. The normalized spacial score (nSPS) is 11.7. The molecule has 166 valence electrons. The van der Waals surface area contributed by atoms with Gasteiger partial charge in [-0.3, -0.25) is 0 Å². The number of rotatable bonds is 10. The quantitative estimate of drug-likeness (QED) is 0.188. The smallest absolute Gasteiger partial charge is 0.119 e. The van der Waals surface area contributed by atoms with Gasteiger partial charge in [0.25, 0.3) is 0 Å². The summed E-state index contributed by atoms with van der Waals surface area (Å²) in [5.74, 6) is 0.854. The number of benzene rings is 4. The van der Waals surface area contributed by atoms with Crippen LogP contribution in [0.15, 0.2) is 115 Å². The fraction of sp³-hybridized carbons (Fsp3) is 0.161. The van der Waals surface area contributed by atoms with E-state index < -0.39 is 0 Å². The largest absolute Gasteiger partial charge is 0.491 e. The molecular formula is C31H30O2. The molecule has 4 rings (SSSR count). The van der Waals surface area contributed by atoms with Crippen molar-refractivity contribution >= 4 is 11.1 Å². The first-order valence-electron chi connectivity index (χ1n) is 11.5. The second-order valence-corrected chi connectivity index (χ2v) is 7.85. The highest BCUT2D eigenvalue weighted by molar-refractivity contribution is 5.98. The molecule has 0 N–H and O–H groups in total. The van der Waals surface area contributed by atoms with Crippen molar-refractivity contribution in [1.29, 1.82) is 0 Å². The maximum atomic E-state index is 5.91.